The van der Waals surface area contributed by atoms with Crippen LogP contribution >= 0.6 is 11.6 Å². The molecule has 1 aliphatic heterocycles. The van der Waals surface area contributed by atoms with Crippen LogP contribution in [0.15, 0.2) is 24.3 Å². The molecule has 2 unspecified atom stereocenters. The number of nitrogens with zero attached hydrogens (tertiary/aromatic N) is 1. The van der Waals surface area contributed by atoms with E-state index in [1.165, 1.54) is 63.6 Å². The molecule has 0 aromatic heterocycles. The molecule has 2 atom stereocenters. The summed E-state index contributed by atoms with van der Waals surface area (Å²) in [4.78, 5) is 2.67. The molecule has 1 N–H and O–H groups in total. The summed E-state index contributed by atoms with van der Waals surface area (Å²) in [5, 5.41) is 4.39. The predicted molar refractivity (Wildman–Crippen MR) is 94.4 cm³/mol. The normalized spacial score (nSPS) is 25.5. The number of rotatable bonds is 5. The van der Waals surface area contributed by atoms with E-state index in [9.17, 15) is 0 Å². The van der Waals surface area contributed by atoms with Crippen LogP contribution in [0.5, 0.6) is 0 Å². The van der Waals surface area contributed by atoms with Crippen LogP contribution in [0.1, 0.15) is 56.4 Å². The molecule has 3 heteroatoms. The Morgan fingerprint density at radius 3 is 2.68 bits per heavy atom. The van der Waals surface area contributed by atoms with Gasteiger partial charge in [-0.25, -0.2) is 0 Å². The smallest absolute Gasteiger partial charge is 0.0594 e. The molecular formula is C19H29ClN2. The first-order valence-corrected chi connectivity index (χ1v) is 9.32. The fourth-order valence-corrected chi connectivity index (χ4v) is 4.61. The van der Waals surface area contributed by atoms with E-state index in [1.807, 2.05) is 6.07 Å². The molecule has 1 heterocycles. The Kier molecular flexibility index (Phi) is 5.78. The summed E-state index contributed by atoms with van der Waals surface area (Å²) in [6.45, 7) is 2.41. The quantitative estimate of drug-likeness (QED) is 0.850. The Morgan fingerprint density at radius 2 is 1.95 bits per heavy atom. The summed E-state index contributed by atoms with van der Waals surface area (Å²) in [5.41, 5.74) is 1.44. The second-order valence-electron chi connectivity index (χ2n) is 7.00. The number of nitrogens with one attached hydrogen (secondary N) is 1. The highest BCUT2D eigenvalue weighted by Gasteiger charge is 2.31. The van der Waals surface area contributed by atoms with E-state index in [-0.39, 0.29) is 0 Å². The van der Waals surface area contributed by atoms with Crippen LogP contribution in [-0.2, 0) is 0 Å². The minimum atomic E-state index is 0.553. The van der Waals surface area contributed by atoms with Gasteiger partial charge >= 0.3 is 0 Å². The molecule has 1 saturated carbocycles. The van der Waals surface area contributed by atoms with E-state index in [4.69, 9.17) is 11.6 Å². The van der Waals surface area contributed by atoms with Crippen LogP contribution in [0.2, 0.25) is 5.02 Å². The molecule has 0 spiro atoms. The van der Waals surface area contributed by atoms with Gasteiger partial charge in [0.05, 0.1) is 6.17 Å². The zero-order valence-electron chi connectivity index (χ0n) is 13.7. The summed E-state index contributed by atoms with van der Waals surface area (Å²) >= 11 is 6.27. The third-order valence-electron chi connectivity index (χ3n) is 5.62. The Bertz CT molecular complexity index is 470. The lowest BCUT2D eigenvalue weighted by Gasteiger charge is -2.39. The molecule has 0 amide bonds. The van der Waals surface area contributed by atoms with Gasteiger partial charge in [0.1, 0.15) is 0 Å². The lowest BCUT2D eigenvalue weighted by Crippen LogP contribution is -2.49. The summed E-state index contributed by atoms with van der Waals surface area (Å²) in [6.07, 6.45) is 10.1. The van der Waals surface area contributed by atoms with Gasteiger partial charge in [-0.2, -0.15) is 0 Å². The minimum Gasteiger partial charge on any atom is -0.305 e. The molecule has 1 aromatic carbocycles. The van der Waals surface area contributed by atoms with E-state index >= 15 is 0 Å². The maximum Gasteiger partial charge on any atom is 0.0594 e. The van der Waals surface area contributed by atoms with Crippen molar-refractivity contribution < 1.29 is 0 Å². The van der Waals surface area contributed by atoms with Crippen LogP contribution in [0, 0.1) is 5.92 Å². The molecule has 122 valence electrons. The van der Waals surface area contributed by atoms with Crippen LogP contribution in [0.25, 0.3) is 0 Å². The number of hydrogen-bond donors (Lipinski definition) is 1. The van der Waals surface area contributed by atoms with Gasteiger partial charge in [0.15, 0.2) is 0 Å². The van der Waals surface area contributed by atoms with E-state index < -0.39 is 0 Å². The molecule has 3 rings (SSSR count). The summed E-state index contributed by atoms with van der Waals surface area (Å²) in [5.74, 6) is 1.47. The largest absolute Gasteiger partial charge is 0.305 e. The number of benzene rings is 1. The first kappa shape index (κ1) is 16.3. The number of hydrogen-bond acceptors (Lipinski definition) is 2. The SMILES string of the molecule is CNC1CCCCN1CC(c1cccc(Cl)c1)C1CCCC1. The number of halogens is 1. The second kappa shape index (κ2) is 7.81. The van der Waals surface area contributed by atoms with Crippen molar-refractivity contribution in [1.82, 2.24) is 10.2 Å². The van der Waals surface area contributed by atoms with E-state index in [0.717, 1.165) is 10.9 Å². The monoisotopic (exact) mass is 320 g/mol. The molecule has 0 radical (unpaired) electrons. The van der Waals surface area contributed by atoms with Crippen molar-refractivity contribution in [2.45, 2.75) is 57.0 Å². The van der Waals surface area contributed by atoms with Crippen LogP contribution in [0.4, 0.5) is 0 Å². The molecule has 1 aliphatic carbocycles. The van der Waals surface area contributed by atoms with Crippen molar-refractivity contribution in [2.24, 2.45) is 5.92 Å². The van der Waals surface area contributed by atoms with E-state index in [2.05, 4.69) is 35.5 Å². The Balaban J connectivity index is 1.78. The zero-order valence-corrected chi connectivity index (χ0v) is 14.5. The Hall–Kier alpha value is -0.570. The predicted octanol–water partition coefficient (Wildman–Crippen LogP) is 4.65. The van der Waals surface area contributed by atoms with Crippen molar-refractivity contribution in [3.63, 3.8) is 0 Å². The Labute approximate surface area is 140 Å². The average molecular weight is 321 g/mol. The molecule has 2 nitrogen and oxygen atoms in total. The number of likely N-dealkylation sites (tertiary alicyclic amines) is 1. The molecule has 2 aliphatic rings. The lowest BCUT2D eigenvalue weighted by molar-refractivity contribution is 0.109. The maximum atomic E-state index is 6.27. The van der Waals surface area contributed by atoms with Crippen molar-refractivity contribution >= 4 is 11.6 Å². The van der Waals surface area contributed by atoms with Gasteiger partial charge in [-0.15, -0.1) is 0 Å². The minimum absolute atomic E-state index is 0.553. The zero-order chi connectivity index (χ0) is 15.4. The highest BCUT2D eigenvalue weighted by Crippen LogP contribution is 2.39. The fourth-order valence-electron chi connectivity index (χ4n) is 4.41. The lowest BCUT2D eigenvalue weighted by atomic mass is 9.84. The first-order chi connectivity index (χ1) is 10.8. The highest BCUT2D eigenvalue weighted by atomic mass is 35.5. The van der Waals surface area contributed by atoms with E-state index in [0.29, 0.717) is 12.1 Å². The van der Waals surface area contributed by atoms with Crippen LogP contribution < -0.4 is 5.32 Å². The summed E-state index contributed by atoms with van der Waals surface area (Å²) < 4.78 is 0. The molecule has 2 fully saturated rings. The average Bonchev–Trinajstić information content (AvgIpc) is 3.07. The molecule has 22 heavy (non-hydrogen) atoms. The fraction of sp³-hybridized carbons (Fsp3) is 0.684. The molecular weight excluding hydrogens is 292 g/mol. The van der Waals surface area contributed by atoms with Gasteiger partial charge in [-0.3, -0.25) is 4.90 Å². The van der Waals surface area contributed by atoms with Crippen molar-refractivity contribution in [3.05, 3.63) is 34.9 Å². The topological polar surface area (TPSA) is 15.3 Å². The molecule has 1 saturated heterocycles. The van der Waals surface area contributed by atoms with Crippen LogP contribution in [-0.4, -0.2) is 31.2 Å². The van der Waals surface area contributed by atoms with Crippen molar-refractivity contribution in [1.29, 1.82) is 0 Å². The van der Waals surface area contributed by atoms with Gasteiger partial charge in [0, 0.05) is 11.6 Å². The first-order valence-electron chi connectivity index (χ1n) is 8.94. The molecule has 0 bridgehead atoms. The van der Waals surface area contributed by atoms with Gasteiger partial charge < -0.3 is 5.32 Å². The molecule has 1 aromatic rings. The maximum absolute atomic E-state index is 6.27. The van der Waals surface area contributed by atoms with Gasteiger partial charge in [-0.1, -0.05) is 36.6 Å². The number of piperidine rings is 1. The van der Waals surface area contributed by atoms with Gasteiger partial charge in [0.25, 0.3) is 0 Å². The van der Waals surface area contributed by atoms with Gasteiger partial charge in [-0.05, 0) is 75.2 Å². The summed E-state index contributed by atoms with van der Waals surface area (Å²) in [7, 11) is 2.10. The Morgan fingerprint density at radius 1 is 1.18 bits per heavy atom. The second-order valence-corrected chi connectivity index (χ2v) is 7.44. The highest BCUT2D eigenvalue weighted by molar-refractivity contribution is 6.30. The van der Waals surface area contributed by atoms with Crippen LogP contribution in [0.3, 0.4) is 0 Å². The van der Waals surface area contributed by atoms with Gasteiger partial charge in [0.2, 0.25) is 0 Å². The standard InChI is InChI=1S/C19H29ClN2/c1-21-19-11-4-5-12-22(19)14-18(15-7-2-3-8-15)16-9-6-10-17(20)13-16/h6,9-10,13,15,18-19,21H,2-5,7-8,11-12,14H2,1H3. The third kappa shape index (κ3) is 3.84. The third-order valence-corrected chi connectivity index (χ3v) is 5.86. The van der Waals surface area contributed by atoms with E-state index in [1.54, 1.807) is 0 Å². The van der Waals surface area contributed by atoms with Crippen molar-refractivity contribution in [2.75, 3.05) is 20.1 Å². The van der Waals surface area contributed by atoms with Crippen molar-refractivity contribution in [3.8, 4) is 0 Å². The summed E-state index contributed by atoms with van der Waals surface area (Å²) in [6, 6.07) is 8.59.